The number of rotatable bonds is 1. The van der Waals surface area contributed by atoms with E-state index in [1.54, 1.807) is 0 Å². The zero-order valence-electron chi connectivity index (χ0n) is 9.32. The van der Waals surface area contributed by atoms with Gasteiger partial charge in [-0.25, -0.2) is 0 Å². The van der Waals surface area contributed by atoms with Gasteiger partial charge in [-0.15, -0.1) is 0 Å². The lowest BCUT2D eigenvalue weighted by Crippen LogP contribution is -2.42. The van der Waals surface area contributed by atoms with E-state index in [9.17, 15) is 0 Å². The van der Waals surface area contributed by atoms with E-state index in [1.165, 1.54) is 6.42 Å². The summed E-state index contributed by atoms with van der Waals surface area (Å²) in [6.07, 6.45) is 2.38. The summed E-state index contributed by atoms with van der Waals surface area (Å²) in [6.45, 7) is 5.33. The molecular weight excluding hydrogens is 247 g/mol. The highest BCUT2D eigenvalue weighted by Crippen LogP contribution is 2.25. The Morgan fingerprint density at radius 1 is 1.06 bits per heavy atom. The molecule has 0 amide bonds. The molecule has 1 saturated heterocycles. The van der Waals surface area contributed by atoms with Crippen molar-refractivity contribution < 1.29 is 0 Å². The molecular formula is C10H14Cl2N4. The minimum Gasteiger partial charge on any atom is -0.338 e. The number of piperidine rings is 1. The van der Waals surface area contributed by atoms with Crippen LogP contribution in [-0.2, 0) is 0 Å². The van der Waals surface area contributed by atoms with Gasteiger partial charge in [0.1, 0.15) is 0 Å². The van der Waals surface area contributed by atoms with E-state index in [1.807, 2.05) is 0 Å². The average molecular weight is 261 g/mol. The Hall–Kier alpha value is -0.610. The number of halogens is 2. The monoisotopic (exact) mass is 260 g/mol. The van der Waals surface area contributed by atoms with Crippen LogP contribution < -0.4 is 4.90 Å². The quantitative estimate of drug-likeness (QED) is 0.779. The summed E-state index contributed by atoms with van der Waals surface area (Å²) >= 11 is 11.6. The molecule has 4 nitrogen and oxygen atoms in total. The standard InChI is InChI=1S/C10H14Cl2N4/c1-6-3-4-7(2)16(5-6)10-14-8(11)13-9(12)15-10/h6-7H,3-5H2,1-2H3. The van der Waals surface area contributed by atoms with E-state index < -0.39 is 0 Å². The largest absolute Gasteiger partial charge is 0.338 e. The third-order valence-electron chi connectivity index (χ3n) is 2.94. The molecule has 1 aromatic heterocycles. The van der Waals surface area contributed by atoms with Gasteiger partial charge >= 0.3 is 0 Å². The number of hydrogen-bond acceptors (Lipinski definition) is 4. The van der Waals surface area contributed by atoms with Crippen molar-refractivity contribution in [3.05, 3.63) is 10.6 Å². The van der Waals surface area contributed by atoms with Crippen LogP contribution in [0.4, 0.5) is 5.95 Å². The highest BCUT2D eigenvalue weighted by Gasteiger charge is 2.25. The van der Waals surface area contributed by atoms with E-state index >= 15 is 0 Å². The minimum absolute atomic E-state index is 0.153. The molecule has 6 heteroatoms. The molecule has 0 radical (unpaired) electrons. The van der Waals surface area contributed by atoms with Gasteiger partial charge in [-0.1, -0.05) is 6.92 Å². The Morgan fingerprint density at radius 3 is 2.31 bits per heavy atom. The van der Waals surface area contributed by atoms with Crippen molar-refractivity contribution in [2.45, 2.75) is 32.7 Å². The van der Waals surface area contributed by atoms with Gasteiger partial charge < -0.3 is 4.90 Å². The first-order chi connectivity index (χ1) is 7.56. The molecule has 1 fully saturated rings. The topological polar surface area (TPSA) is 41.9 Å². The minimum atomic E-state index is 0.153. The van der Waals surface area contributed by atoms with Crippen LogP contribution in [0.2, 0.25) is 10.6 Å². The molecule has 0 bridgehead atoms. The Bertz CT molecular complexity index is 365. The Balaban J connectivity index is 2.27. The lowest BCUT2D eigenvalue weighted by molar-refractivity contribution is 0.385. The maximum absolute atomic E-state index is 5.78. The normalized spacial score (nSPS) is 25.9. The van der Waals surface area contributed by atoms with Crippen LogP contribution in [0.3, 0.4) is 0 Å². The lowest BCUT2D eigenvalue weighted by atomic mass is 9.95. The first-order valence-electron chi connectivity index (χ1n) is 5.40. The lowest BCUT2D eigenvalue weighted by Gasteiger charge is -2.36. The molecule has 2 atom stereocenters. The van der Waals surface area contributed by atoms with E-state index in [0.717, 1.165) is 13.0 Å². The first-order valence-corrected chi connectivity index (χ1v) is 6.15. The van der Waals surface area contributed by atoms with Crippen LogP contribution in [-0.4, -0.2) is 27.5 Å². The molecule has 0 N–H and O–H groups in total. The zero-order valence-corrected chi connectivity index (χ0v) is 10.8. The molecule has 0 aliphatic carbocycles. The summed E-state index contributed by atoms with van der Waals surface area (Å²) in [5, 5.41) is 0.306. The van der Waals surface area contributed by atoms with Crippen molar-refractivity contribution in [3.63, 3.8) is 0 Å². The SMILES string of the molecule is CC1CCC(C)N(c2nc(Cl)nc(Cl)n2)C1. The van der Waals surface area contributed by atoms with Gasteiger partial charge in [-0.2, -0.15) is 15.0 Å². The van der Waals surface area contributed by atoms with Gasteiger partial charge in [0, 0.05) is 12.6 Å². The molecule has 0 saturated carbocycles. The summed E-state index contributed by atoms with van der Waals surface area (Å²) < 4.78 is 0. The first kappa shape index (κ1) is 11.9. The highest BCUT2D eigenvalue weighted by molar-refractivity contribution is 6.31. The van der Waals surface area contributed by atoms with Crippen molar-refractivity contribution in [1.82, 2.24) is 15.0 Å². The summed E-state index contributed by atoms with van der Waals surface area (Å²) in [5.41, 5.74) is 0. The third kappa shape index (κ3) is 2.55. The van der Waals surface area contributed by atoms with Crippen molar-refractivity contribution in [1.29, 1.82) is 0 Å². The van der Waals surface area contributed by atoms with Crippen molar-refractivity contribution in [2.75, 3.05) is 11.4 Å². The van der Waals surface area contributed by atoms with E-state index in [4.69, 9.17) is 23.2 Å². The average Bonchev–Trinajstić information content (AvgIpc) is 2.20. The fourth-order valence-electron chi connectivity index (χ4n) is 2.01. The van der Waals surface area contributed by atoms with Gasteiger partial charge in [-0.3, -0.25) is 0 Å². The zero-order chi connectivity index (χ0) is 11.7. The maximum atomic E-state index is 5.78. The van der Waals surface area contributed by atoms with Crippen molar-refractivity contribution >= 4 is 29.2 Å². The number of aromatic nitrogens is 3. The van der Waals surface area contributed by atoms with Gasteiger partial charge in [0.25, 0.3) is 0 Å². The molecule has 2 rings (SSSR count). The molecule has 2 heterocycles. The predicted octanol–water partition coefficient (Wildman–Crippen LogP) is 2.80. The molecule has 0 aromatic carbocycles. The summed E-state index contributed by atoms with van der Waals surface area (Å²) in [6, 6.07) is 0.422. The van der Waals surface area contributed by atoms with Crippen LogP contribution in [0.15, 0.2) is 0 Å². The van der Waals surface area contributed by atoms with Crippen LogP contribution in [0.5, 0.6) is 0 Å². The second kappa shape index (κ2) is 4.72. The second-order valence-electron chi connectivity index (χ2n) is 4.36. The smallest absolute Gasteiger partial charge is 0.231 e. The van der Waals surface area contributed by atoms with Crippen LogP contribution >= 0.6 is 23.2 Å². The molecule has 1 aromatic rings. The van der Waals surface area contributed by atoms with Crippen molar-refractivity contribution in [3.8, 4) is 0 Å². The Morgan fingerprint density at radius 2 is 1.69 bits per heavy atom. The van der Waals surface area contributed by atoms with Crippen LogP contribution in [0.25, 0.3) is 0 Å². The summed E-state index contributed by atoms with van der Waals surface area (Å²) in [4.78, 5) is 14.2. The van der Waals surface area contributed by atoms with E-state index in [-0.39, 0.29) is 10.6 Å². The number of nitrogens with zero attached hydrogens (tertiary/aromatic N) is 4. The van der Waals surface area contributed by atoms with Gasteiger partial charge in [0.05, 0.1) is 0 Å². The van der Waals surface area contributed by atoms with Gasteiger partial charge in [-0.05, 0) is 48.9 Å². The molecule has 0 spiro atoms. The fraction of sp³-hybridized carbons (Fsp3) is 0.700. The Labute approximate surface area is 105 Å². The summed E-state index contributed by atoms with van der Waals surface area (Å²) in [7, 11) is 0. The van der Waals surface area contributed by atoms with E-state index in [0.29, 0.717) is 17.9 Å². The van der Waals surface area contributed by atoms with Crippen LogP contribution in [0.1, 0.15) is 26.7 Å². The predicted molar refractivity (Wildman–Crippen MR) is 65.1 cm³/mol. The Kier molecular flexibility index (Phi) is 3.50. The molecule has 2 unspecified atom stereocenters. The van der Waals surface area contributed by atoms with Gasteiger partial charge in [0.2, 0.25) is 16.5 Å². The van der Waals surface area contributed by atoms with E-state index in [2.05, 4.69) is 33.7 Å². The summed E-state index contributed by atoms with van der Waals surface area (Å²) in [5.74, 6) is 1.23. The number of anilines is 1. The molecule has 1 aliphatic heterocycles. The maximum Gasteiger partial charge on any atom is 0.231 e. The van der Waals surface area contributed by atoms with Gasteiger partial charge in [0.15, 0.2) is 0 Å². The highest BCUT2D eigenvalue weighted by atomic mass is 35.5. The molecule has 1 aliphatic rings. The second-order valence-corrected chi connectivity index (χ2v) is 5.03. The van der Waals surface area contributed by atoms with Crippen molar-refractivity contribution in [2.24, 2.45) is 5.92 Å². The molecule has 88 valence electrons. The van der Waals surface area contributed by atoms with Crippen LogP contribution in [0, 0.1) is 5.92 Å². The fourth-order valence-corrected chi connectivity index (χ4v) is 2.37. The third-order valence-corrected chi connectivity index (χ3v) is 3.28. The number of hydrogen-bond donors (Lipinski definition) is 0. The molecule has 16 heavy (non-hydrogen) atoms.